The highest BCUT2D eigenvalue weighted by atomic mass is 19.1. The molecule has 1 fully saturated rings. The molecule has 1 aliphatic heterocycles. The molecular formula is C27H25FN4O2. The first kappa shape index (κ1) is 21.8. The van der Waals surface area contributed by atoms with E-state index < -0.39 is 0 Å². The largest absolute Gasteiger partial charge is 0.346 e. The molecule has 0 unspecified atom stereocenters. The lowest BCUT2D eigenvalue weighted by Crippen LogP contribution is -2.30. The summed E-state index contributed by atoms with van der Waals surface area (Å²) in [4.78, 5) is 33.5. The fourth-order valence-electron chi connectivity index (χ4n) is 4.37. The fraction of sp³-hybridized carbons (Fsp3) is 0.222. The molecule has 3 aromatic carbocycles. The van der Waals surface area contributed by atoms with Gasteiger partial charge in [-0.25, -0.2) is 13.9 Å². The third-order valence-corrected chi connectivity index (χ3v) is 6.23. The zero-order chi connectivity index (χ0) is 23.7. The lowest BCUT2D eigenvalue weighted by molar-refractivity contribution is 0.0940. The van der Waals surface area contributed by atoms with Crippen molar-refractivity contribution in [1.82, 2.24) is 14.9 Å². The Morgan fingerprint density at radius 2 is 1.71 bits per heavy atom. The Morgan fingerprint density at radius 3 is 2.41 bits per heavy atom. The van der Waals surface area contributed by atoms with E-state index in [1.165, 1.54) is 12.1 Å². The molecule has 6 nitrogen and oxygen atoms in total. The van der Waals surface area contributed by atoms with E-state index in [1.807, 2.05) is 37.3 Å². The van der Waals surface area contributed by atoms with Crippen LogP contribution in [0.15, 0.2) is 77.6 Å². The SMILES string of the molecule is C[C@H](NC(=O)c1ccc2c(=O)n(-c3ccccc3)c(N3CCCC3)nc2c1)c1ccc(F)cc1. The van der Waals surface area contributed by atoms with Gasteiger partial charge in [-0.05, 0) is 67.8 Å². The third-order valence-electron chi connectivity index (χ3n) is 6.23. The summed E-state index contributed by atoms with van der Waals surface area (Å²) in [6, 6.07) is 20.2. The Morgan fingerprint density at radius 1 is 1.00 bits per heavy atom. The van der Waals surface area contributed by atoms with Gasteiger partial charge in [-0.3, -0.25) is 9.59 Å². The van der Waals surface area contributed by atoms with E-state index in [-0.39, 0.29) is 23.3 Å². The molecule has 0 aliphatic carbocycles. The van der Waals surface area contributed by atoms with Crippen molar-refractivity contribution >= 4 is 22.8 Å². The van der Waals surface area contributed by atoms with Gasteiger partial charge < -0.3 is 10.2 Å². The number of nitrogens with one attached hydrogen (secondary N) is 1. The Labute approximate surface area is 196 Å². The number of carbonyl (C=O) groups excluding carboxylic acids is 1. The van der Waals surface area contributed by atoms with Gasteiger partial charge in [0.15, 0.2) is 0 Å². The van der Waals surface area contributed by atoms with Crippen LogP contribution in [0.5, 0.6) is 0 Å². The van der Waals surface area contributed by atoms with E-state index in [4.69, 9.17) is 4.98 Å². The molecule has 1 saturated heterocycles. The zero-order valence-corrected chi connectivity index (χ0v) is 18.9. The van der Waals surface area contributed by atoms with Gasteiger partial charge in [0.1, 0.15) is 5.82 Å². The summed E-state index contributed by atoms with van der Waals surface area (Å²) < 4.78 is 14.9. The van der Waals surface area contributed by atoms with Crippen molar-refractivity contribution in [2.24, 2.45) is 0 Å². The van der Waals surface area contributed by atoms with Crippen LogP contribution in [-0.2, 0) is 0 Å². The van der Waals surface area contributed by atoms with Gasteiger partial charge in [-0.2, -0.15) is 0 Å². The Hall–Kier alpha value is -4.00. The van der Waals surface area contributed by atoms with Gasteiger partial charge >= 0.3 is 0 Å². The second-order valence-electron chi connectivity index (χ2n) is 8.56. The van der Waals surface area contributed by atoms with Crippen LogP contribution in [0.3, 0.4) is 0 Å². The molecule has 172 valence electrons. The second kappa shape index (κ2) is 9.09. The molecule has 1 aromatic heterocycles. The number of anilines is 1. The van der Waals surface area contributed by atoms with Crippen LogP contribution in [0.2, 0.25) is 0 Å². The van der Waals surface area contributed by atoms with Crippen molar-refractivity contribution in [3.63, 3.8) is 0 Å². The van der Waals surface area contributed by atoms with Crippen LogP contribution in [0, 0.1) is 5.82 Å². The molecule has 2 heterocycles. The monoisotopic (exact) mass is 456 g/mol. The van der Waals surface area contributed by atoms with Gasteiger partial charge in [-0.15, -0.1) is 0 Å². The first-order valence-corrected chi connectivity index (χ1v) is 11.4. The second-order valence-corrected chi connectivity index (χ2v) is 8.56. The molecule has 7 heteroatoms. The number of aromatic nitrogens is 2. The molecule has 1 N–H and O–H groups in total. The Kier molecular flexibility index (Phi) is 5.84. The first-order chi connectivity index (χ1) is 16.5. The number of halogens is 1. The minimum atomic E-state index is -0.321. The number of para-hydroxylation sites is 1. The number of benzene rings is 3. The Bertz CT molecular complexity index is 1390. The van der Waals surface area contributed by atoms with Crippen molar-refractivity contribution in [2.45, 2.75) is 25.8 Å². The number of carbonyl (C=O) groups is 1. The quantitative estimate of drug-likeness (QED) is 0.476. The highest BCUT2D eigenvalue weighted by molar-refractivity contribution is 5.98. The number of hydrogen-bond donors (Lipinski definition) is 1. The summed E-state index contributed by atoms with van der Waals surface area (Å²) >= 11 is 0. The van der Waals surface area contributed by atoms with Crippen molar-refractivity contribution in [1.29, 1.82) is 0 Å². The van der Waals surface area contributed by atoms with Crippen molar-refractivity contribution in [3.8, 4) is 5.69 Å². The Balaban J connectivity index is 1.53. The van der Waals surface area contributed by atoms with Gasteiger partial charge in [0.05, 0.1) is 22.6 Å². The number of fused-ring (bicyclic) bond motifs is 1. The standard InChI is InChI=1S/C27H25FN4O2/c1-18(19-9-12-21(28)13-10-19)29-25(33)20-11-14-23-24(17-20)30-27(31-15-5-6-16-31)32(26(23)34)22-7-3-2-4-8-22/h2-4,7-14,17-18H,5-6,15-16H2,1H3,(H,29,33)/t18-/m0/s1. The predicted molar refractivity (Wildman–Crippen MR) is 131 cm³/mol. The molecule has 1 aliphatic rings. The van der Waals surface area contributed by atoms with Gasteiger partial charge in [-0.1, -0.05) is 30.3 Å². The lowest BCUT2D eigenvalue weighted by Gasteiger charge is -2.22. The lowest BCUT2D eigenvalue weighted by atomic mass is 10.1. The highest BCUT2D eigenvalue weighted by Gasteiger charge is 2.22. The van der Waals surface area contributed by atoms with E-state index in [0.717, 1.165) is 37.2 Å². The van der Waals surface area contributed by atoms with Crippen molar-refractivity contribution in [2.75, 3.05) is 18.0 Å². The van der Waals surface area contributed by atoms with Crippen LogP contribution in [0.4, 0.5) is 10.3 Å². The van der Waals surface area contributed by atoms with E-state index in [2.05, 4.69) is 10.2 Å². The number of hydrogen-bond acceptors (Lipinski definition) is 4. The topological polar surface area (TPSA) is 67.2 Å². The molecule has 0 radical (unpaired) electrons. The first-order valence-electron chi connectivity index (χ1n) is 11.4. The highest BCUT2D eigenvalue weighted by Crippen LogP contribution is 2.24. The molecule has 34 heavy (non-hydrogen) atoms. The third kappa shape index (κ3) is 4.17. The van der Waals surface area contributed by atoms with Crippen LogP contribution in [0.25, 0.3) is 16.6 Å². The summed E-state index contributed by atoms with van der Waals surface area (Å²) in [5, 5.41) is 3.39. The molecule has 4 aromatic rings. The summed E-state index contributed by atoms with van der Waals surface area (Å²) in [7, 11) is 0. The zero-order valence-electron chi connectivity index (χ0n) is 18.9. The normalized spacial score (nSPS) is 14.4. The van der Waals surface area contributed by atoms with Crippen LogP contribution < -0.4 is 15.8 Å². The molecular weight excluding hydrogens is 431 g/mol. The van der Waals surface area contributed by atoms with Crippen molar-refractivity contribution in [3.05, 3.63) is 100 Å². The van der Waals surface area contributed by atoms with E-state index in [0.29, 0.717) is 22.4 Å². The molecule has 1 atom stereocenters. The van der Waals surface area contributed by atoms with Crippen LogP contribution in [-0.4, -0.2) is 28.5 Å². The minimum Gasteiger partial charge on any atom is -0.346 e. The number of rotatable bonds is 5. The minimum absolute atomic E-state index is 0.162. The maximum absolute atomic E-state index is 13.5. The fourth-order valence-corrected chi connectivity index (χ4v) is 4.37. The van der Waals surface area contributed by atoms with E-state index in [9.17, 15) is 14.0 Å². The maximum Gasteiger partial charge on any atom is 0.267 e. The molecule has 1 amide bonds. The van der Waals surface area contributed by atoms with Gasteiger partial charge in [0.2, 0.25) is 5.95 Å². The van der Waals surface area contributed by atoms with Gasteiger partial charge in [0.25, 0.3) is 11.5 Å². The molecule has 0 spiro atoms. The summed E-state index contributed by atoms with van der Waals surface area (Å²) in [5.41, 5.74) is 2.30. The van der Waals surface area contributed by atoms with E-state index in [1.54, 1.807) is 34.9 Å². The average Bonchev–Trinajstić information content (AvgIpc) is 3.39. The summed E-state index contributed by atoms with van der Waals surface area (Å²) in [6.07, 6.45) is 2.10. The summed E-state index contributed by atoms with van der Waals surface area (Å²) in [6.45, 7) is 3.51. The van der Waals surface area contributed by atoms with Crippen LogP contribution >= 0.6 is 0 Å². The van der Waals surface area contributed by atoms with Crippen molar-refractivity contribution < 1.29 is 9.18 Å². The van der Waals surface area contributed by atoms with Crippen LogP contribution in [0.1, 0.15) is 41.7 Å². The number of amides is 1. The van der Waals surface area contributed by atoms with E-state index >= 15 is 0 Å². The average molecular weight is 457 g/mol. The number of nitrogens with zero attached hydrogens (tertiary/aromatic N) is 3. The molecule has 0 bridgehead atoms. The summed E-state index contributed by atoms with van der Waals surface area (Å²) in [5.74, 6) is -0.00762. The molecule has 5 rings (SSSR count). The van der Waals surface area contributed by atoms with Gasteiger partial charge in [0, 0.05) is 18.7 Å². The predicted octanol–water partition coefficient (Wildman–Crippen LogP) is 4.62. The molecule has 0 saturated carbocycles. The smallest absolute Gasteiger partial charge is 0.267 e. The maximum atomic E-state index is 13.5.